The van der Waals surface area contributed by atoms with Crippen LogP contribution in [0.2, 0.25) is 0 Å². The van der Waals surface area contributed by atoms with Crippen molar-refractivity contribution >= 4 is 26.7 Å². The van der Waals surface area contributed by atoms with Crippen LogP contribution in [0.3, 0.4) is 0 Å². The van der Waals surface area contributed by atoms with Gasteiger partial charge >= 0.3 is 0 Å². The Kier molecular flexibility index (Phi) is 6.88. The molecule has 1 heterocycles. The molecule has 0 saturated heterocycles. The maximum absolute atomic E-state index is 13.3. The minimum absolute atomic E-state index is 0.0577. The van der Waals surface area contributed by atoms with Crippen LogP contribution in [0.1, 0.15) is 74.0 Å². The van der Waals surface area contributed by atoms with Crippen molar-refractivity contribution in [3.05, 3.63) is 76.4 Å². The molecular formula is C25H30N2O4S. The van der Waals surface area contributed by atoms with Gasteiger partial charge in [-0.3, -0.25) is 9.59 Å². The first kappa shape index (κ1) is 23.7. The first-order chi connectivity index (χ1) is 15.1. The quantitative estimate of drug-likeness (QED) is 0.670. The molecule has 2 amide bonds. The normalized spacial score (nSPS) is 16.6. The van der Waals surface area contributed by atoms with Gasteiger partial charge in [-0.15, -0.1) is 0 Å². The van der Waals surface area contributed by atoms with Crippen LogP contribution in [0.15, 0.2) is 54.1 Å². The zero-order valence-corrected chi connectivity index (χ0v) is 20.0. The number of hydrogen-bond acceptors (Lipinski definition) is 4. The molecule has 0 radical (unpaired) electrons. The standard InChI is InChI=1S/C25H30N2O4S/c1-6-17(4)26-24(28)22-9-7-19(8-10-22)15-27-25(29)18(5)23(32(27,30)31)21-13-11-20(12-14-21)16(2)3/h7-14,16-17H,6,15H2,1-5H3,(H,26,28)/t17-/m1/s1. The van der Waals surface area contributed by atoms with Crippen molar-refractivity contribution in [2.45, 2.75) is 59.5 Å². The summed E-state index contributed by atoms with van der Waals surface area (Å²) in [6.07, 6.45) is 0.827. The second kappa shape index (κ2) is 9.28. The molecule has 0 saturated carbocycles. The summed E-state index contributed by atoms with van der Waals surface area (Å²) >= 11 is 0. The van der Waals surface area contributed by atoms with Crippen LogP contribution in [0.4, 0.5) is 0 Å². The topological polar surface area (TPSA) is 83.6 Å². The summed E-state index contributed by atoms with van der Waals surface area (Å²) in [6, 6.07) is 14.0. The van der Waals surface area contributed by atoms with Crippen molar-refractivity contribution in [2.75, 3.05) is 0 Å². The summed E-state index contributed by atoms with van der Waals surface area (Å²) < 4.78 is 27.4. The summed E-state index contributed by atoms with van der Waals surface area (Å²) in [5, 5.41) is 2.89. The lowest BCUT2D eigenvalue weighted by Crippen LogP contribution is -2.32. The molecule has 3 rings (SSSR count). The van der Waals surface area contributed by atoms with Gasteiger partial charge in [0.05, 0.1) is 6.54 Å². The first-order valence-electron chi connectivity index (χ1n) is 10.8. The van der Waals surface area contributed by atoms with E-state index in [1.54, 1.807) is 43.3 Å². The summed E-state index contributed by atoms with van der Waals surface area (Å²) in [7, 11) is -3.97. The molecular weight excluding hydrogens is 424 g/mol. The number of nitrogens with one attached hydrogen (secondary N) is 1. The number of sulfonamides is 1. The minimum atomic E-state index is -3.97. The summed E-state index contributed by atoms with van der Waals surface area (Å²) in [5.74, 6) is -0.375. The van der Waals surface area contributed by atoms with Crippen molar-refractivity contribution in [1.29, 1.82) is 0 Å². The molecule has 0 fully saturated rings. The fraction of sp³-hybridized carbons (Fsp3) is 0.360. The monoisotopic (exact) mass is 454 g/mol. The third kappa shape index (κ3) is 4.63. The number of hydrogen-bond donors (Lipinski definition) is 1. The largest absolute Gasteiger partial charge is 0.350 e. The number of amides is 2. The number of benzene rings is 2. The average Bonchev–Trinajstić information content (AvgIpc) is 2.93. The number of carbonyl (C=O) groups excluding carboxylic acids is 2. The van der Waals surface area contributed by atoms with E-state index in [1.807, 2.05) is 26.0 Å². The zero-order chi connectivity index (χ0) is 23.6. The lowest BCUT2D eigenvalue weighted by Gasteiger charge is -2.17. The lowest BCUT2D eigenvalue weighted by atomic mass is 10.0. The van der Waals surface area contributed by atoms with Crippen LogP contribution >= 0.6 is 0 Å². The minimum Gasteiger partial charge on any atom is -0.350 e. The fourth-order valence-electron chi connectivity index (χ4n) is 3.58. The van der Waals surface area contributed by atoms with Gasteiger partial charge in [-0.05, 0) is 55.0 Å². The van der Waals surface area contributed by atoms with Gasteiger partial charge in [0.15, 0.2) is 0 Å². The predicted octanol–water partition coefficient (Wildman–Crippen LogP) is 4.44. The van der Waals surface area contributed by atoms with Gasteiger partial charge in [-0.25, -0.2) is 12.7 Å². The summed E-state index contributed by atoms with van der Waals surface area (Å²) in [4.78, 5) is 25.2. The van der Waals surface area contributed by atoms with E-state index in [0.29, 0.717) is 22.6 Å². The first-order valence-corrected chi connectivity index (χ1v) is 12.3. The van der Waals surface area contributed by atoms with Crippen molar-refractivity contribution < 1.29 is 18.0 Å². The fourth-order valence-corrected chi connectivity index (χ4v) is 5.38. The van der Waals surface area contributed by atoms with Crippen molar-refractivity contribution in [3.8, 4) is 0 Å². The smallest absolute Gasteiger partial charge is 0.268 e. The van der Waals surface area contributed by atoms with E-state index < -0.39 is 15.9 Å². The third-order valence-electron chi connectivity index (χ3n) is 5.81. The predicted molar refractivity (Wildman–Crippen MR) is 126 cm³/mol. The van der Waals surface area contributed by atoms with E-state index in [4.69, 9.17) is 0 Å². The molecule has 0 spiro atoms. The molecule has 2 aromatic carbocycles. The Morgan fingerprint density at radius 3 is 2.12 bits per heavy atom. The molecule has 6 nitrogen and oxygen atoms in total. The van der Waals surface area contributed by atoms with Crippen molar-refractivity contribution in [1.82, 2.24) is 9.62 Å². The molecule has 2 aromatic rings. The highest BCUT2D eigenvalue weighted by molar-refractivity contribution is 7.99. The van der Waals surface area contributed by atoms with E-state index >= 15 is 0 Å². The van der Waals surface area contributed by atoms with E-state index in [0.717, 1.165) is 16.3 Å². The number of carbonyl (C=O) groups is 2. The van der Waals surface area contributed by atoms with Crippen LogP contribution in [0, 0.1) is 0 Å². The van der Waals surface area contributed by atoms with Crippen LogP contribution < -0.4 is 5.32 Å². The van der Waals surface area contributed by atoms with Gasteiger partial charge in [0.25, 0.3) is 21.8 Å². The van der Waals surface area contributed by atoms with Crippen LogP contribution in [-0.2, 0) is 21.4 Å². The Labute approximate surface area is 190 Å². The van der Waals surface area contributed by atoms with Gasteiger partial charge in [0.2, 0.25) is 0 Å². The highest BCUT2D eigenvalue weighted by Gasteiger charge is 2.42. The van der Waals surface area contributed by atoms with E-state index in [1.165, 1.54) is 0 Å². The SMILES string of the molecule is CC[C@@H](C)NC(=O)c1ccc(CN2C(=O)C(C)=C(c3ccc(C(C)C)cc3)S2(=O)=O)cc1. The Hall–Kier alpha value is -2.93. The van der Waals surface area contributed by atoms with Gasteiger partial charge in [0.1, 0.15) is 4.91 Å². The second-order valence-electron chi connectivity index (χ2n) is 8.53. The van der Waals surface area contributed by atoms with E-state index in [-0.39, 0.29) is 29.0 Å². The molecule has 0 unspecified atom stereocenters. The van der Waals surface area contributed by atoms with Gasteiger partial charge in [-0.1, -0.05) is 57.2 Å². The number of nitrogens with zero attached hydrogens (tertiary/aromatic N) is 1. The molecule has 1 atom stereocenters. The Morgan fingerprint density at radius 1 is 1.00 bits per heavy atom. The van der Waals surface area contributed by atoms with Crippen molar-refractivity contribution in [2.24, 2.45) is 0 Å². The Balaban J connectivity index is 1.82. The average molecular weight is 455 g/mol. The summed E-state index contributed by atoms with van der Waals surface area (Å²) in [6.45, 7) is 9.52. The second-order valence-corrected chi connectivity index (χ2v) is 10.3. The molecule has 1 aliphatic rings. The molecule has 0 aromatic heterocycles. The molecule has 1 aliphatic heterocycles. The zero-order valence-electron chi connectivity index (χ0n) is 19.2. The van der Waals surface area contributed by atoms with Crippen LogP contribution in [-0.4, -0.2) is 30.6 Å². The highest BCUT2D eigenvalue weighted by atomic mass is 32.2. The maximum Gasteiger partial charge on any atom is 0.268 e. The third-order valence-corrected chi connectivity index (χ3v) is 7.74. The molecule has 0 bridgehead atoms. The summed E-state index contributed by atoms with van der Waals surface area (Å²) in [5.41, 5.74) is 2.95. The molecule has 7 heteroatoms. The molecule has 1 N–H and O–H groups in total. The van der Waals surface area contributed by atoms with Gasteiger partial charge in [-0.2, -0.15) is 0 Å². The Bertz CT molecular complexity index is 1150. The van der Waals surface area contributed by atoms with Crippen LogP contribution in [0.5, 0.6) is 0 Å². The molecule has 0 aliphatic carbocycles. The van der Waals surface area contributed by atoms with Crippen LogP contribution in [0.25, 0.3) is 4.91 Å². The maximum atomic E-state index is 13.3. The van der Waals surface area contributed by atoms with E-state index in [2.05, 4.69) is 19.2 Å². The number of rotatable bonds is 7. The Morgan fingerprint density at radius 2 is 1.59 bits per heavy atom. The van der Waals surface area contributed by atoms with Gasteiger partial charge < -0.3 is 5.32 Å². The lowest BCUT2D eigenvalue weighted by molar-refractivity contribution is -0.122. The van der Waals surface area contributed by atoms with Crippen molar-refractivity contribution in [3.63, 3.8) is 0 Å². The molecule has 170 valence electrons. The molecule has 32 heavy (non-hydrogen) atoms. The van der Waals surface area contributed by atoms with E-state index in [9.17, 15) is 18.0 Å². The van der Waals surface area contributed by atoms with Gasteiger partial charge in [0, 0.05) is 17.2 Å². The highest BCUT2D eigenvalue weighted by Crippen LogP contribution is 2.36.